The number of hydrogen-bond acceptors (Lipinski definition) is 3. The highest BCUT2D eigenvalue weighted by molar-refractivity contribution is 5.97. The van der Waals surface area contributed by atoms with E-state index in [4.69, 9.17) is 4.74 Å². The minimum Gasteiger partial charge on any atom is -0.393 e. The lowest BCUT2D eigenvalue weighted by atomic mass is 9.60. The minimum absolute atomic E-state index is 0.0689. The third-order valence-electron chi connectivity index (χ3n) is 7.75. The summed E-state index contributed by atoms with van der Waals surface area (Å²) in [4.78, 5) is 23.9. The van der Waals surface area contributed by atoms with Gasteiger partial charge in [-0.15, -0.1) is 0 Å². The summed E-state index contributed by atoms with van der Waals surface area (Å²) in [6.45, 7) is 4.79. The van der Waals surface area contributed by atoms with E-state index in [1.807, 2.05) is 0 Å². The van der Waals surface area contributed by atoms with Crippen LogP contribution in [0.3, 0.4) is 0 Å². The summed E-state index contributed by atoms with van der Waals surface area (Å²) in [7, 11) is 0. The molecule has 3 nitrogen and oxygen atoms in total. The van der Waals surface area contributed by atoms with Crippen LogP contribution in [0.5, 0.6) is 0 Å². The lowest BCUT2D eigenvalue weighted by Crippen LogP contribution is -2.43. The van der Waals surface area contributed by atoms with E-state index in [9.17, 15) is 9.59 Å². The van der Waals surface area contributed by atoms with Crippen LogP contribution in [0.4, 0.5) is 0 Å². The lowest BCUT2D eigenvalue weighted by molar-refractivity contribution is -0.154. The maximum Gasteiger partial charge on any atom is 0.317 e. The summed E-state index contributed by atoms with van der Waals surface area (Å²) >= 11 is 0. The summed E-state index contributed by atoms with van der Waals surface area (Å²) in [5.41, 5.74) is 0. The zero-order valence-electron chi connectivity index (χ0n) is 11.4. The molecule has 0 aromatic heterocycles. The summed E-state index contributed by atoms with van der Waals surface area (Å²) in [6.07, 6.45) is 2.48. The quantitative estimate of drug-likeness (QED) is 0.380. The smallest absolute Gasteiger partial charge is 0.317 e. The number of hydrogen-bond donors (Lipinski definition) is 0. The summed E-state index contributed by atoms with van der Waals surface area (Å²) in [6, 6.07) is 0. The van der Waals surface area contributed by atoms with Crippen LogP contribution in [-0.2, 0) is 14.3 Å². The monoisotopic (exact) mass is 260 g/mol. The summed E-state index contributed by atoms with van der Waals surface area (Å²) < 4.78 is 4.94. The van der Waals surface area contributed by atoms with E-state index in [0.717, 1.165) is 41.9 Å². The number of carbonyl (C=O) groups excluding carboxylic acids is 2. The van der Waals surface area contributed by atoms with Crippen molar-refractivity contribution >= 4 is 11.9 Å². The molecule has 1 saturated heterocycles. The van der Waals surface area contributed by atoms with Crippen molar-refractivity contribution in [1.82, 2.24) is 0 Å². The van der Waals surface area contributed by atoms with Gasteiger partial charge in [0, 0.05) is 0 Å². The zero-order valence-corrected chi connectivity index (χ0v) is 11.4. The first-order valence-corrected chi connectivity index (χ1v) is 7.85. The highest BCUT2D eigenvalue weighted by atomic mass is 16.6. The van der Waals surface area contributed by atoms with E-state index >= 15 is 0 Å². The van der Waals surface area contributed by atoms with Crippen molar-refractivity contribution in [1.29, 1.82) is 0 Å². The second-order valence-corrected chi connectivity index (χ2v) is 7.79. The Morgan fingerprint density at radius 3 is 1.68 bits per heavy atom. The molecule has 0 amide bonds. The Hall–Kier alpha value is -0.860. The van der Waals surface area contributed by atoms with Crippen LogP contribution in [0, 0.1) is 59.2 Å². The van der Waals surface area contributed by atoms with Gasteiger partial charge >= 0.3 is 11.9 Å². The van der Waals surface area contributed by atoms with Crippen molar-refractivity contribution in [3.8, 4) is 0 Å². The number of cyclic esters (lactones) is 2. The van der Waals surface area contributed by atoms with Crippen LogP contribution >= 0.6 is 0 Å². The topological polar surface area (TPSA) is 43.4 Å². The molecule has 5 aliphatic rings. The zero-order chi connectivity index (χ0) is 13.0. The fourth-order valence-corrected chi connectivity index (χ4v) is 7.13. The van der Waals surface area contributed by atoms with Gasteiger partial charge < -0.3 is 4.74 Å². The molecule has 1 heterocycles. The van der Waals surface area contributed by atoms with Crippen molar-refractivity contribution < 1.29 is 14.3 Å². The Kier molecular flexibility index (Phi) is 1.76. The molecule has 0 aromatic rings. The number of fused-ring (bicyclic) bond motifs is 12. The molecule has 1 aliphatic heterocycles. The molecule has 0 spiro atoms. The van der Waals surface area contributed by atoms with Gasteiger partial charge in [-0.05, 0) is 60.2 Å². The minimum atomic E-state index is -0.204. The van der Waals surface area contributed by atoms with Gasteiger partial charge in [-0.3, -0.25) is 9.59 Å². The van der Waals surface area contributed by atoms with Crippen LogP contribution in [0.15, 0.2) is 0 Å². The molecule has 4 bridgehead atoms. The van der Waals surface area contributed by atoms with E-state index < -0.39 is 0 Å². The maximum absolute atomic E-state index is 12.0. The van der Waals surface area contributed by atoms with Gasteiger partial charge in [0.2, 0.25) is 0 Å². The van der Waals surface area contributed by atoms with E-state index in [0.29, 0.717) is 11.8 Å². The fraction of sp³-hybridized carbons (Fsp3) is 0.875. The molecule has 4 aliphatic carbocycles. The highest BCUT2D eigenvalue weighted by Gasteiger charge is 2.73. The van der Waals surface area contributed by atoms with Gasteiger partial charge in [0.25, 0.3) is 0 Å². The third-order valence-corrected chi connectivity index (χ3v) is 7.75. The second-order valence-electron chi connectivity index (χ2n) is 7.79. The first-order valence-electron chi connectivity index (χ1n) is 7.85. The van der Waals surface area contributed by atoms with Gasteiger partial charge in [0.1, 0.15) is 0 Å². The van der Waals surface area contributed by atoms with Crippen LogP contribution in [-0.4, -0.2) is 11.9 Å². The van der Waals surface area contributed by atoms with E-state index in [1.54, 1.807) is 0 Å². The molecule has 10 unspecified atom stereocenters. The number of ether oxygens (including phenoxy) is 1. The van der Waals surface area contributed by atoms with Crippen LogP contribution in [0.1, 0.15) is 26.7 Å². The maximum atomic E-state index is 12.0. The van der Waals surface area contributed by atoms with Crippen molar-refractivity contribution in [3.63, 3.8) is 0 Å². The SMILES string of the molecule is CC1C(C)C2CC1C1C3CC(C4C(=O)OC(=O)C34)C21. The molecule has 0 radical (unpaired) electrons. The summed E-state index contributed by atoms with van der Waals surface area (Å²) in [5, 5.41) is 0. The Balaban J connectivity index is 1.59. The first kappa shape index (κ1) is 10.9. The predicted molar refractivity (Wildman–Crippen MR) is 66.6 cm³/mol. The molecule has 0 aromatic carbocycles. The Bertz CT molecular complexity index is 456. The lowest BCUT2D eigenvalue weighted by Gasteiger charge is -2.43. The van der Waals surface area contributed by atoms with Crippen LogP contribution < -0.4 is 0 Å². The first-order chi connectivity index (χ1) is 9.09. The van der Waals surface area contributed by atoms with Crippen molar-refractivity contribution in [2.75, 3.05) is 0 Å². The van der Waals surface area contributed by atoms with Gasteiger partial charge in [-0.25, -0.2) is 0 Å². The largest absolute Gasteiger partial charge is 0.393 e. The van der Waals surface area contributed by atoms with E-state index in [-0.39, 0.29) is 23.8 Å². The average Bonchev–Trinajstić information content (AvgIpc) is 3.09. The van der Waals surface area contributed by atoms with Gasteiger partial charge in [-0.2, -0.15) is 0 Å². The molecule has 10 atom stereocenters. The molecular formula is C16H20O3. The normalized spacial score (nSPS) is 64.5. The second kappa shape index (κ2) is 3.07. The molecule has 102 valence electrons. The Morgan fingerprint density at radius 2 is 1.21 bits per heavy atom. The van der Waals surface area contributed by atoms with Crippen LogP contribution in [0.25, 0.3) is 0 Å². The highest BCUT2D eigenvalue weighted by Crippen LogP contribution is 2.73. The molecule has 5 rings (SSSR count). The average molecular weight is 260 g/mol. The summed E-state index contributed by atoms with van der Waals surface area (Å²) in [5.74, 6) is 5.05. The molecule has 3 heteroatoms. The van der Waals surface area contributed by atoms with Gasteiger partial charge in [-0.1, -0.05) is 13.8 Å². The number of rotatable bonds is 0. The van der Waals surface area contributed by atoms with Crippen molar-refractivity contribution in [2.45, 2.75) is 26.7 Å². The molecule has 0 N–H and O–H groups in total. The van der Waals surface area contributed by atoms with Crippen molar-refractivity contribution in [3.05, 3.63) is 0 Å². The molecule has 5 fully saturated rings. The molecular weight excluding hydrogens is 240 g/mol. The van der Waals surface area contributed by atoms with E-state index in [2.05, 4.69) is 13.8 Å². The standard InChI is InChI=1S/C16H20O3/c1-5-6(2)8-3-7(5)11-9-4-10(12(8)11)14-13(9)15(17)19-16(14)18/h5-14H,3-4H2,1-2H3. The number of esters is 2. The van der Waals surface area contributed by atoms with E-state index in [1.165, 1.54) is 6.42 Å². The van der Waals surface area contributed by atoms with Gasteiger partial charge in [0.15, 0.2) is 0 Å². The van der Waals surface area contributed by atoms with Crippen molar-refractivity contribution in [2.24, 2.45) is 59.2 Å². The van der Waals surface area contributed by atoms with Crippen LogP contribution in [0.2, 0.25) is 0 Å². The Labute approximate surface area is 113 Å². The molecule has 19 heavy (non-hydrogen) atoms. The Morgan fingerprint density at radius 1 is 0.789 bits per heavy atom. The fourth-order valence-electron chi connectivity index (χ4n) is 7.13. The third kappa shape index (κ3) is 0.985. The van der Waals surface area contributed by atoms with Gasteiger partial charge in [0.05, 0.1) is 11.8 Å². The number of carbonyl (C=O) groups is 2. The molecule has 4 saturated carbocycles. The predicted octanol–water partition coefficient (Wildman–Crippen LogP) is 2.11.